The lowest BCUT2D eigenvalue weighted by molar-refractivity contribution is 0.0951. The zero-order valence-corrected chi connectivity index (χ0v) is 18.5. The van der Waals surface area contributed by atoms with Crippen molar-refractivity contribution in [3.05, 3.63) is 78.0 Å². The first-order valence-electron chi connectivity index (χ1n) is 11.1. The number of anilines is 1. The molecular weight excluding hydrogens is 433 g/mol. The highest BCUT2D eigenvalue weighted by Crippen LogP contribution is 2.29. The molecule has 1 saturated carbocycles. The summed E-state index contributed by atoms with van der Waals surface area (Å²) in [6, 6.07) is 12.2. The number of amides is 1. The third kappa shape index (κ3) is 3.75. The Labute approximate surface area is 194 Å². The highest BCUT2D eigenvalue weighted by molar-refractivity contribution is 5.95. The lowest BCUT2D eigenvalue weighted by Gasteiger charge is -2.11. The summed E-state index contributed by atoms with van der Waals surface area (Å²) in [5.74, 6) is 0.179. The minimum absolute atomic E-state index is 0.0641. The number of fused-ring (bicyclic) bond motifs is 3. The Bertz CT molecular complexity index is 1530. The fourth-order valence-corrected chi connectivity index (χ4v) is 4.06. The molecule has 0 atom stereocenters. The molecule has 0 radical (unpaired) electrons. The summed E-state index contributed by atoms with van der Waals surface area (Å²) in [6.07, 6.45) is 7.55. The number of imidazole rings is 1. The van der Waals surface area contributed by atoms with Gasteiger partial charge >= 0.3 is 0 Å². The van der Waals surface area contributed by atoms with E-state index in [1.54, 1.807) is 35.3 Å². The van der Waals surface area contributed by atoms with E-state index in [0.29, 0.717) is 40.6 Å². The maximum Gasteiger partial charge on any atom is 0.251 e. The number of nitrogens with zero attached hydrogens (tertiary/aromatic N) is 5. The van der Waals surface area contributed by atoms with E-state index in [9.17, 15) is 9.18 Å². The second-order valence-corrected chi connectivity index (χ2v) is 8.60. The minimum atomic E-state index is -0.349. The van der Waals surface area contributed by atoms with Crippen molar-refractivity contribution in [2.24, 2.45) is 7.05 Å². The number of aryl methyl sites for hydroxylation is 1. The van der Waals surface area contributed by atoms with Crippen molar-refractivity contribution in [2.75, 3.05) is 5.32 Å². The number of rotatable bonds is 6. The number of halogens is 1. The largest absolute Gasteiger partial charge is 0.363 e. The minimum Gasteiger partial charge on any atom is -0.363 e. The van der Waals surface area contributed by atoms with Crippen molar-refractivity contribution < 1.29 is 9.18 Å². The Kier molecular flexibility index (Phi) is 4.75. The van der Waals surface area contributed by atoms with Crippen molar-refractivity contribution in [3.63, 3.8) is 0 Å². The first-order chi connectivity index (χ1) is 16.5. The average molecular weight is 455 g/mol. The van der Waals surface area contributed by atoms with Gasteiger partial charge in [-0.25, -0.2) is 14.4 Å². The number of hydrogen-bond acceptors (Lipinski definition) is 5. The number of benzene rings is 2. The standard InChI is InChI=1S/C25H22FN7O/c1-32-14-15(12-29-32)11-27-23-24-28-13-22(33(24)21-10-18(26)6-9-20(21)31-23)16-2-4-17(5-3-16)25(34)30-19-7-8-19/h2-6,9-10,12-14,19H,7-8,11H2,1H3,(H,27,31)(H,30,34). The fraction of sp³-hybridized carbons (Fsp3) is 0.200. The molecule has 9 heteroatoms. The third-order valence-corrected chi connectivity index (χ3v) is 5.96. The second-order valence-electron chi connectivity index (χ2n) is 8.60. The van der Waals surface area contributed by atoms with E-state index in [-0.39, 0.29) is 11.7 Å². The van der Waals surface area contributed by atoms with Gasteiger partial charge in [-0.1, -0.05) is 12.1 Å². The monoisotopic (exact) mass is 455 g/mol. The quantitative estimate of drug-likeness (QED) is 0.405. The van der Waals surface area contributed by atoms with Crippen molar-refractivity contribution in [2.45, 2.75) is 25.4 Å². The average Bonchev–Trinajstić information content (AvgIpc) is 3.37. The molecule has 1 aliphatic carbocycles. The van der Waals surface area contributed by atoms with Crippen LogP contribution in [0.15, 0.2) is 61.1 Å². The van der Waals surface area contributed by atoms with Gasteiger partial charge in [-0.15, -0.1) is 0 Å². The zero-order chi connectivity index (χ0) is 23.2. The lowest BCUT2D eigenvalue weighted by Crippen LogP contribution is -2.25. The Morgan fingerprint density at radius 3 is 2.71 bits per heavy atom. The van der Waals surface area contributed by atoms with Crippen LogP contribution in [0.1, 0.15) is 28.8 Å². The Morgan fingerprint density at radius 1 is 1.15 bits per heavy atom. The van der Waals surface area contributed by atoms with E-state index in [1.165, 1.54) is 12.1 Å². The zero-order valence-electron chi connectivity index (χ0n) is 18.5. The molecule has 1 fully saturated rings. The maximum atomic E-state index is 14.2. The van der Waals surface area contributed by atoms with Crippen molar-refractivity contribution in [1.82, 2.24) is 29.5 Å². The van der Waals surface area contributed by atoms with E-state index in [4.69, 9.17) is 4.98 Å². The fourth-order valence-electron chi connectivity index (χ4n) is 4.06. The van der Waals surface area contributed by atoms with Gasteiger partial charge in [0.1, 0.15) is 5.82 Å². The van der Waals surface area contributed by atoms with Crippen LogP contribution in [0.4, 0.5) is 10.2 Å². The molecular formula is C25H22FN7O. The molecule has 3 heterocycles. The maximum absolute atomic E-state index is 14.2. The van der Waals surface area contributed by atoms with Gasteiger partial charge in [-0.05, 0) is 37.1 Å². The molecule has 3 aromatic heterocycles. The lowest BCUT2D eigenvalue weighted by atomic mass is 10.1. The molecule has 1 aliphatic rings. The van der Waals surface area contributed by atoms with E-state index in [0.717, 1.165) is 29.7 Å². The van der Waals surface area contributed by atoms with Gasteiger partial charge in [0, 0.05) is 48.6 Å². The normalized spacial score (nSPS) is 13.5. The molecule has 170 valence electrons. The number of aromatic nitrogens is 5. The number of hydrogen-bond donors (Lipinski definition) is 2. The molecule has 0 saturated heterocycles. The summed E-state index contributed by atoms with van der Waals surface area (Å²) in [4.78, 5) is 21.7. The summed E-state index contributed by atoms with van der Waals surface area (Å²) >= 11 is 0. The molecule has 0 spiro atoms. The predicted molar refractivity (Wildman–Crippen MR) is 127 cm³/mol. The van der Waals surface area contributed by atoms with Gasteiger partial charge < -0.3 is 10.6 Å². The van der Waals surface area contributed by atoms with Crippen LogP contribution in [0.3, 0.4) is 0 Å². The molecule has 0 aliphatic heterocycles. The van der Waals surface area contributed by atoms with Crippen LogP contribution in [0.5, 0.6) is 0 Å². The van der Waals surface area contributed by atoms with Gasteiger partial charge in [0.15, 0.2) is 11.5 Å². The SMILES string of the molecule is Cn1cc(CNc2nc3ccc(F)cc3n3c(-c4ccc(C(=O)NC5CC5)cc4)cnc23)cn1. The summed E-state index contributed by atoms with van der Waals surface area (Å²) < 4.78 is 17.8. The van der Waals surface area contributed by atoms with Crippen LogP contribution in [0.2, 0.25) is 0 Å². The van der Waals surface area contributed by atoms with E-state index in [1.807, 2.05) is 29.8 Å². The molecule has 6 rings (SSSR count). The van der Waals surface area contributed by atoms with Gasteiger partial charge in [0.05, 0.1) is 29.1 Å². The van der Waals surface area contributed by atoms with Crippen molar-refractivity contribution in [1.29, 1.82) is 0 Å². The number of nitrogens with one attached hydrogen (secondary N) is 2. The molecule has 8 nitrogen and oxygen atoms in total. The molecule has 0 bridgehead atoms. The summed E-state index contributed by atoms with van der Waals surface area (Å²) in [5, 5.41) is 10.5. The Balaban J connectivity index is 1.42. The Morgan fingerprint density at radius 2 is 1.97 bits per heavy atom. The highest BCUT2D eigenvalue weighted by Gasteiger charge is 2.24. The molecule has 2 aromatic carbocycles. The molecule has 2 N–H and O–H groups in total. The molecule has 1 amide bonds. The number of carbonyl (C=O) groups excluding carboxylic acids is 1. The second kappa shape index (κ2) is 7.95. The van der Waals surface area contributed by atoms with E-state index >= 15 is 0 Å². The first-order valence-corrected chi connectivity index (χ1v) is 11.1. The topological polar surface area (TPSA) is 89.1 Å². The van der Waals surface area contributed by atoms with Crippen molar-refractivity contribution >= 4 is 28.4 Å². The number of carbonyl (C=O) groups is 1. The van der Waals surface area contributed by atoms with Crippen LogP contribution < -0.4 is 10.6 Å². The third-order valence-electron chi connectivity index (χ3n) is 5.96. The highest BCUT2D eigenvalue weighted by atomic mass is 19.1. The summed E-state index contributed by atoms with van der Waals surface area (Å²) in [7, 11) is 1.87. The van der Waals surface area contributed by atoms with Crippen LogP contribution >= 0.6 is 0 Å². The first kappa shape index (κ1) is 20.3. The Hall–Kier alpha value is -4.27. The van der Waals surface area contributed by atoms with Crippen LogP contribution in [-0.2, 0) is 13.6 Å². The summed E-state index contributed by atoms with van der Waals surface area (Å²) in [6.45, 7) is 0.524. The molecule has 0 unspecified atom stereocenters. The van der Waals surface area contributed by atoms with E-state index < -0.39 is 0 Å². The van der Waals surface area contributed by atoms with Gasteiger partial charge in [-0.2, -0.15) is 5.10 Å². The van der Waals surface area contributed by atoms with Crippen LogP contribution in [-0.4, -0.2) is 36.1 Å². The van der Waals surface area contributed by atoms with Gasteiger partial charge in [-0.3, -0.25) is 13.9 Å². The van der Waals surface area contributed by atoms with Gasteiger partial charge in [0.25, 0.3) is 5.91 Å². The van der Waals surface area contributed by atoms with Gasteiger partial charge in [0.2, 0.25) is 0 Å². The molecule has 34 heavy (non-hydrogen) atoms. The smallest absolute Gasteiger partial charge is 0.251 e. The van der Waals surface area contributed by atoms with Crippen LogP contribution in [0.25, 0.3) is 27.9 Å². The summed E-state index contributed by atoms with van der Waals surface area (Å²) in [5.41, 5.74) is 5.12. The van der Waals surface area contributed by atoms with E-state index in [2.05, 4.69) is 20.7 Å². The van der Waals surface area contributed by atoms with Crippen molar-refractivity contribution in [3.8, 4) is 11.3 Å². The molecule has 5 aromatic rings. The van der Waals surface area contributed by atoms with Crippen LogP contribution in [0, 0.1) is 5.82 Å². The predicted octanol–water partition coefficient (Wildman–Crippen LogP) is 3.93.